The van der Waals surface area contributed by atoms with Crippen LogP contribution < -0.4 is 57.8 Å². The number of nitrogens with two attached hydrogens (primary N) is 7. The fourth-order valence-electron chi connectivity index (χ4n) is 4.07. The molecular weight excluding hydrogens is 715 g/mol. The summed E-state index contributed by atoms with van der Waals surface area (Å²) in [5, 5.41) is 0. The number of benzene rings is 4. The molecule has 0 aliphatic heterocycles. The van der Waals surface area contributed by atoms with Gasteiger partial charge in [-0.15, -0.1) is 0 Å². The topological polar surface area (TPSA) is 256 Å². The maximum absolute atomic E-state index is 6.17. The molecule has 15 nitrogen and oxygen atoms in total. The van der Waals surface area contributed by atoms with Gasteiger partial charge in [-0.3, -0.25) is 0 Å². The Hall–Kier alpha value is -4.41. The van der Waals surface area contributed by atoms with E-state index in [0.717, 1.165) is 5.56 Å². The Kier molecular flexibility index (Phi) is 19.1. The minimum atomic E-state index is -3.68. The molecule has 17 heteroatoms. The van der Waals surface area contributed by atoms with Crippen molar-refractivity contribution in [1.29, 1.82) is 0 Å². The first kappa shape index (κ1) is 44.8. The average molecular weight is 772 g/mol. The molecule has 0 aliphatic carbocycles. The van der Waals surface area contributed by atoms with Crippen molar-refractivity contribution in [2.24, 2.45) is 22.9 Å². The van der Waals surface area contributed by atoms with Crippen LogP contribution >= 0.6 is 0 Å². The number of anilines is 3. The SMILES string of the molecule is C.Cc1ccc(O[Si](Oc2ccc(N)cc2)(OC(C)CN)OC(C)CN)cc1.NCCO[Si](OCCN)(Oc1ccc(N)cc1)Oc1ccc(N)cc1. The van der Waals surface area contributed by atoms with Gasteiger partial charge in [0.2, 0.25) is 0 Å². The lowest BCUT2D eigenvalue weighted by Gasteiger charge is -2.32. The van der Waals surface area contributed by atoms with E-state index in [1.54, 1.807) is 72.8 Å². The van der Waals surface area contributed by atoms with E-state index in [9.17, 15) is 0 Å². The van der Waals surface area contributed by atoms with Crippen LogP contribution in [-0.2, 0) is 17.7 Å². The lowest BCUT2D eigenvalue weighted by Crippen LogP contribution is -2.59. The fraction of sp³-hybridized carbons (Fsp3) is 0.333. The molecule has 0 aromatic heterocycles. The first-order chi connectivity index (χ1) is 24.9. The molecule has 0 spiro atoms. The summed E-state index contributed by atoms with van der Waals surface area (Å²) in [4.78, 5) is 0. The Balaban J connectivity index is 0.000000361. The summed E-state index contributed by atoms with van der Waals surface area (Å²) in [6.45, 7) is 7.25. The summed E-state index contributed by atoms with van der Waals surface area (Å²) >= 11 is 0. The Labute approximate surface area is 315 Å². The van der Waals surface area contributed by atoms with Crippen molar-refractivity contribution in [3.8, 4) is 23.0 Å². The predicted octanol–water partition coefficient (Wildman–Crippen LogP) is 3.53. The van der Waals surface area contributed by atoms with Gasteiger partial charge in [-0.1, -0.05) is 25.1 Å². The highest BCUT2D eigenvalue weighted by Crippen LogP contribution is 2.27. The molecule has 14 N–H and O–H groups in total. The summed E-state index contributed by atoms with van der Waals surface area (Å²) in [7, 11) is -7.28. The Morgan fingerprint density at radius 3 is 1.04 bits per heavy atom. The minimum absolute atomic E-state index is 0. The summed E-state index contributed by atoms with van der Waals surface area (Å²) in [5.41, 5.74) is 42.8. The summed E-state index contributed by atoms with van der Waals surface area (Å²) in [6, 6.07) is 28.2. The van der Waals surface area contributed by atoms with E-state index in [4.69, 9.17) is 75.5 Å². The zero-order chi connectivity index (χ0) is 38.0. The molecule has 4 aromatic rings. The van der Waals surface area contributed by atoms with Crippen LogP contribution in [0.5, 0.6) is 23.0 Å². The van der Waals surface area contributed by atoms with Crippen molar-refractivity contribution >= 4 is 35.2 Å². The van der Waals surface area contributed by atoms with Gasteiger partial charge in [0, 0.05) is 43.2 Å². The highest BCUT2D eigenvalue weighted by atomic mass is 28.4. The third-order valence-corrected chi connectivity index (χ3v) is 11.2. The van der Waals surface area contributed by atoms with E-state index < -0.39 is 18.1 Å². The maximum atomic E-state index is 6.17. The largest absolute Gasteiger partial charge is 0.821 e. The molecule has 2 unspecified atom stereocenters. The molecule has 2 atom stereocenters. The molecule has 0 saturated heterocycles. The number of nitrogen functional groups attached to an aromatic ring is 3. The van der Waals surface area contributed by atoms with Crippen LogP contribution in [0.3, 0.4) is 0 Å². The number of rotatable bonds is 20. The zero-order valence-electron chi connectivity index (χ0n) is 29.9. The minimum Gasteiger partial charge on any atom is -0.471 e. The van der Waals surface area contributed by atoms with E-state index in [1.807, 2.05) is 45.0 Å². The molecule has 0 amide bonds. The molecular formula is C36H57N7O8Si2. The fourth-order valence-corrected chi connectivity index (χ4v) is 8.34. The lowest BCUT2D eigenvalue weighted by molar-refractivity contribution is -0.00406. The third-order valence-electron chi connectivity index (χ3n) is 6.78. The molecule has 0 bridgehead atoms. The zero-order valence-corrected chi connectivity index (χ0v) is 31.9. The number of hydrogen-bond acceptors (Lipinski definition) is 15. The van der Waals surface area contributed by atoms with Gasteiger partial charge in [0.25, 0.3) is 0 Å². The Morgan fingerprint density at radius 1 is 0.472 bits per heavy atom. The smallest absolute Gasteiger partial charge is 0.471 e. The van der Waals surface area contributed by atoms with E-state index in [1.165, 1.54) is 0 Å². The third kappa shape index (κ3) is 15.6. The average Bonchev–Trinajstić information content (AvgIpc) is 3.14. The van der Waals surface area contributed by atoms with E-state index >= 15 is 0 Å². The van der Waals surface area contributed by atoms with Crippen LogP contribution in [0.1, 0.15) is 26.8 Å². The highest BCUT2D eigenvalue weighted by Gasteiger charge is 2.54. The van der Waals surface area contributed by atoms with Crippen molar-refractivity contribution in [2.75, 3.05) is 56.6 Å². The van der Waals surface area contributed by atoms with E-state index in [-0.39, 0.29) is 59.0 Å². The second-order valence-corrected chi connectivity index (χ2v) is 15.4. The van der Waals surface area contributed by atoms with Crippen molar-refractivity contribution in [3.05, 3.63) is 103 Å². The molecule has 292 valence electrons. The van der Waals surface area contributed by atoms with Crippen molar-refractivity contribution in [2.45, 2.75) is 40.4 Å². The number of hydrogen-bond donors (Lipinski definition) is 7. The van der Waals surface area contributed by atoms with Gasteiger partial charge in [0.1, 0.15) is 23.0 Å². The van der Waals surface area contributed by atoms with Crippen LogP contribution in [-0.4, -0.2) is 69.7 Å². The van der Waals surface area contributed by atoms with Crippen molar-refractivity contribution in [1.82, 2.24) is 0 Å². The maximum Gasteiger partial charge on any atom is 0.821 e. The standard InChI is InChI=1S/C19H29N3O4Si.C16H24N4O4Si.CH4/c1-14-4-8-18(9-5-14)25-27(23-15(2)12-20,24-16(3)13-21)26-19-10-6-17(22)7-11-19;17-9-11-21-25(22-12-10-18,23-15-5-1-13(19)2-6-15)24-16-7-3-14(20)4-8-16;/h4-11,15-16H,12-13,20-22H2,1-3H3;1-8H,9-12,17-20H2;1H4. The first-order valence-corrected chi connectivity index (χ1v) is 20.0. The van der Waals surface area contributed by atoms with Crippen LogP contribution in [0.25, 0.3) is 0 Å². The van der Waals surface area contributed by atoms with Crippen LogP contribution in [0.15, 0.2) is 97.1 Å². The van der Waals surface area contributed by atoms with Gasteiger partial charge in [-0.25, -0.2) is 0 Å². The van der Waals surface area contributed by atoms with Crippen LogP contribution in [0.4, 0.5) is 17.1 Å². The van der Waals surface area contributed by atoms with Crippen molar-refractivity contribution in [3.63, 3.8) is 0 Å². The quantitative estimate of drug-likeness (QED) is 0.0501. The van der Waals surface area contributed by atoms with E-state index in [2.05, 4.69) is 0 Å². The van der Waals surface area contributed by atoms with Crippen LogP contribution in [0, 0.1) is 6.92 Å². The Morgan fingerprint density at radius 2 is 0.755 bits per heavy atom. The molecule has 53 heavy (non-hydrogen) atoms. The predicted molar refractivity (Wildman–Crippen MR) is 214 cm³/mol. The van der Waals surface area contributed by atoms with Gasteiger partial charge in [-0.2, -0.15) is 0 Å². The molecule has 0 heterocycles. The van der Waals surface area contributed by atoms with Gasteiger partial charge in [-0.05, 0) is 106 Å². The van der Waals surface area contributed by atoms with Crippen molar-refractivity contribution < 1.29 is 35.4 Å². The number of aryl methyl sites for hydroxylation is 1. The van der Waals surface area contributed by atoms with Gasteiger partial charge >= 0.3 is 18.1 Å². The molecule has 0 radical (unpaired) electrons. The summed E-state index contributed by atoms with van der Waals surface area (Å²) < 4.78 is 48.0. The Bertz CT molecular complexity index is 1460. The van der Waals surface area contributed by atoms with Gasteiger partial charge in [0.05, 0.1) is 25.4 Å². The van der Waals surface area contributed by atoms with E-state index in [0.29, 0.717) is 40.1 Å². The highest BCUT2D eigenvalue weighted by molar-refractivity contribution is 6.55. The van der Waals surface area contributed by atoms with Gasteiger partial charge < -0.3 is 75.5 Å². The second kappa shape index (κ2) is 22.6. The first-order valence-electron chi connectivity index (χ1n) is 16.8. The summed E-state index contributed by atoms with van der Waals surface area (Å²) in [5.74, 6) is 2.11. The monoisotopic (exact) mass is 771 g/mol. The molecule has 0 fully saturated rings. The van der Waals surface area contributed by atoms with Crippen LogP contribution in [0.2, 0.25) is 0 Å². The lowest BCUT2D eigenvalue weighted by atomic mass is 10.2. The molecule has 4 rings (SSSR count). The van der Waals surface area contributed by atoms with Gasteiger partial charge in [0.15, 0.2) is 0 Å². The molecule has 0 aliphatic rings. The molecule has 0 saturated carbocycles. The summed E-state index contributed by atoms with van der Waals surface area (Å²) in [6.07, 6.45) is -0.665. The molecule has 4 aromatic carbocycles. The second-order valence-electron chi connectivity index (χ2n) is 11.5. The normalized spacial score (nSPS) is 13.3.